The molecule has 0 atom stereocenters. The highest BCUT2D eigenvalue weighted by Crippen LogP contribution is 2.47. The van der Waals surface area contributed by atoms with Gasteiger partial charge in [-0.1, -0.05) is 54.6 Å². The molecule has 12 aromatic rings. The van der Waals surface area contributed by atoms with Gasteiger partial charge in [0.1, 0.15) is 0 Å². The molecule has 10 nitrogen and oxygen atoms in total. The third-order valence-corrected chi connectivity index (χ3v) is 15.0. The number of benzene rings is 10. The van der Waals surface area contributed by atoms with Crippen LogP contribution in [0.4, 0.5) is 49.1 Å². The number of hydrogen-bond acceptors (Lipinski definition) is 4. The molecule has 86 heavy (non-hydrogen) atoms. The predicted molar refractivity (Wildman–Crippen MR) is 316 cm³/mol. The second-order valence-corrected chi connectivity index (χ2v) is 20.0. The molecular formula is C70H30F6N10. The number of nitrogens with zero attached hydrogens (tertiary/aromatic N) is 10. The highest BCUT2D eigenvalue weighted by atomic mass is 19.4. The second kappa shape index (κ2) is 20.7. The fourth-order valence-electron chi connectivity index (χ4n) is 11.2. The Hall–Kier alpha value is -12.7. The first-order valence-electron chi connectivity index (χ1n) is 25.8. The monoisotopic (exact) mass is 1120 g/mol. The summed E-state index contributed by atoms with van der Waals surface area (Å²) in [7, 11) is 0. The van der Waals surface area contributed by atoms with Crippen molar-refractivity contribution in [3.05, 3.63) is 261 Å². The van der Waals surface area contributed by atoms with Crippen LogP contribution < -0.4 is 0 Å². The van der Waals surface area contributed by atoms with Gasteiger partial charge in [0.2, 0.25) is 0 Å². The van der Waals surface area contributed by atoms with Crippen LogP contribution in [0.1, 0.15) is 33.4 Å². The van der Waals surface area contributed by atoms with Crippen LogP contribution in [-0.2, 0) is 12.4 Å². The SMILES string of the molecule is [C-]#[N+]c1cc(C#N)cc(-c2ccc3c(c2)c2cc(-c4cc(C#N)cc(C#N)c4)ccc2n3-c2cc(-c3ccc(C(F)(F)F)c(-n4c5ccc(-c6cc(C#N)cc([N+]#[C-])c6)cc5c5cc(-c6cc([N+]#[C-])cc([N+]#[C-])c6)ccc54)c3)ccc2C(F)(F)F)c1. The molecule has 0 saturated heterocycles. The van der Waals surface area contributed by atoms with Crippen molar-refractivity contribution in [1.29, 1.82) is 21.0 Å². The van der Waals surface area contributed by atoms with Gasteiger partial charge in [0, 0.05) is 32.7 Å². The zero-order valence-corrected chi connectivity index (χ0v) is 44.1. The Morgan fingerprint density at radius 2 is 0.547 bits per heavy atom. The number of rotatable bonds is 7. The van der Waals surface area contributed by atoms with E-state index >= 15 is 26.3 Å². The molecule has 0 bridgehead atoms. The summed E-state index contributed by atoms with van der Waals surface area (Å²) in [4.78, 5) is 14.1. The summed E-state index contributed by atoms with van der Waals surface area (Å²) in [5, 5.41) is 41.2. The Labute approximate surface area is 485 Å². The molecule has 0 saturated carbocycles. The Balaban J connectivity index is 1.10. The topological polar surface area (TPSA) is 122 Å². The summed E-state index contributed by atoms with van der Waals surface area (Å²) in [6.07, 6.45) is -9.96. The fraction of sp³-hybridized carbons (Fsp3) is 0.0286. The minimum absolute atomic E-state index is 0.109. The zero-order chi connectivity index (χ0) is 60.3. The van der Waals surface area contributed by atoms with Gasteiger partial charge in [-0.15, -0.1) is 0 Å². The van der Waals surface area contributed by atoms with Crippen LogP contribution >= 0.6 is 0 Å². The largest absolute Gasteiger partial charge is 0.418 e. The minimum Gasteiger partial charge on any atom is -0.309 e. The summed E-state index contributed by atoms with van der Waals surface area (Å²) < 4.78 is 97.0. The summed E-state index contributed by atoms with van der Waals surface area (Å²) in [5.74, 6) is 0. The van der Waals surface area contributed by atoms with Crippen molar-refractivity contribution in [2.45, 2.75) is 12.4 Å². The molecular weight excluding hydrogens is 1090 g/mol. The van der Waals surface area contributed by atoms with Crippen molar-refractivity contribution in [1.82, 2.24) is 9.13 Å². The molecule has 12 rings (SSSR count). The van der Waals surface area contributed by atoms with E-state index < -0.39 is 23.5 Å². The van der Waals surface area contributed by atoms with Gasteiger partial charge in [0.15, 0.2) is 22.7 Å². The molecule has 0 aliphatic rings. The van der Waals surface area contributed by atoms with Crippen LogP contribution in [0.15, 0.2) is 182 Å². The van der Waals surface area contributed by atoms with Gasteiger partial charge in [-0.25, -0.2) is 19.4 Å². The van der Waals surface area contributed by atoms with Crippen molar-refractivity contribution in [3.63, 3.8) is 0 Å². The molecule has 0 spiro atoms. The molecule has 0 radical (unpaired) electrons. The lowest BCUT2D eigenvalue weighted by atomic mass is 9.97. The minimum atomic E-state index is -4.98. The van der Waals surface area contributed by atoms with E-state index in [0.29, 0.717) is 66.1 Å². The Bertz CT molecular complexity index is 4610. The Kier molecular flexibility index (Phi) is 13.0. The summed E-state index contributed by atoms with van der Waals surface area (Å²) in [5.41, 5.74) is 4.04. The van der Waals surface area contributed by atoms with Gasteiger partial charge < -0.3 is 9.13 Å². The van der Waals surface area contributed by atoms with Crippen molar-refractivity contribution < 1.29 is 26.3 Å². The lowest BCUT2D eigenvalue weighted by molar-refractivity contribution is -0.138. The molecule has 2 aromatic heterocycles. The van der Waals surface area contributed by atoms with E-state index in [1.807, 2.05) is 0 Å². The van der Waals surface area contributed by atoms with E-state index in [1.165, 1.54) is 57.7 Å². The average molecular weight is 1130 g/mol. The van der Waals surface area contributed by atoms with Gasteiger partial charge in [0.05, 0.1) is 106 Å². The van der Waals surface area contributed by atoms with Crippen LogP contribution in [0, 0.1) is 71.6 Å². The van der Waals surface area contributed by atoms with Gasteiger partial charge in [-0.3, -0.25) is 0 Å². The molecule has 0 N–H and O–H groups in total. The maximum atomic E-state index is 15.7. The first-order chi connectivity index (χ1) is 41.4. The van der Waals surface area contributed by atoms with Crippen LogP contribution in [0.3, 0.4) is 0 Å². The first-order valence-corrected chi connectivity index (χ1v) is 25.8. The molecule has 0 amide bonds. The normalized spacial score (nSPS) is 11.3. The van der Waals surface area contributed by atoms with E-state index in [-0.39, 0.29) is 89.6 Å². The number of nitriles is 4. The number of aromatic nitrogens is 2. The lowest BCUT2D eigenvalue weighted by Crippen LogP contribution is -2.12. The quantitative estimate of drug-likeness (QED) is 0.116. The third-order valence-electron chi connectivity index (χ3n) is 15.0. The number of hydrogen-bond donors (Lipinski definition) is 0. The maximum absolute atomic E-state index is 15.7. The molecule has 0 unspecified atom stereocenters. The van der Waals surface area contributed by atoms with Crippen molar-refractivity contribution >= 4 is 66.4 Å². The smallest absolute Gasteiger partial charge is 0.309 e. The fourth-order valence-corrected chi connectivity index (χ4v) is 11.2. The third kappa shape index (κ3) is 9.43. The number of fused-ring (bicyclic) bond motifs is 6. The maximum Gasteiger partial charge on any atom is 0.418 e. The Morgan fingerprint density at radius 3 is 0.837 bits per heavy atom. The standard InChI is InChI=1S/C70H30F6N10/c1-81-53-22-41(37-79)20-50(24-53)44-8-14-64-58(29-44)57-28-43(49-18-39(35-77)17-40(19-49)36-78)7-13-63(57)85(64)67-32-47(5-11-61(67)69(71,72)73)48-6-12-62(70(74,75)76)68(33-48)86-65-15-9-45(51-21-42(38-80)23-54(25-51)82-2)30-59(65)60-31-46(10-16-66(60)86)52-26-55(83-3)34-56(27-52)84-4/h5-34H. The molecule has 402 valence electrons. The van der Waals surface area contributed by atoms with Crippen molar-refractivity contribution in [2.24, 2.45) is 0 Å². The van der Waals surface area contributed by atoms with Crippen LogP contribution in [0.2, 0.25) is 0 Å². The average Bonchev–Trinajstić information content (AvgIpc) is 1.64. The molecule has 0 aliphatic heterocycles. The molecule has 10 aromatic carbocycles. The molecule has 16 heteroatoms. The molecule has 2 heterocycles. The van der Waals surface area contributed by atoms with Crippen LogP contribution in [0.25, 0.3) is 130 Å². The second-order valence-electron chi connectivity index (χ2n) is 20.0. The highest BCUT2D eigenvalue weighted by molar-refractivity contribution is 6.13. The van der Waals surface area contributed by atoms with E-state index in [9.17, 15) is 21.0 Å². The predicted octanol–water partition coefficient (Wildman–Crippen LogP) is 19.9. The zero-order valence-electron chi connectivity index (χ0n) is 44.1. The van der Waals surface area contributed by atoms with Crippen molar-refractivity contribution in [2.75, 3.05) is 0 Å². The summed E-state index contributed by atoms with van der Waals surface area (Å²) >= 11 is 0. The van der Waals surface area contributed by atoms with Crippen LogP contribution in [-0.4, -0.2) is 9.13 Å². The van der Waals surface area contributed by atoms with E-state index in [4.69, 9.17) is 26.3 Å². The number of halogens is 6. The summed E-state index contributed by atoms with van der Waals surface area (Å²) in [6.45, 7) is 30.8. The molecule has 0 fully saturated rings. The van der Waals surface area contributed by atoms with E-state index in [2.05, 4.69) is 43.7 Å². The summed E-state index contributed by atoms with van der Waals surface area (Å²) in [6, 6.07) is 53.4. The van der Waals surface area contributed by atoms with Crippen molar-refractivity contribution in [3.8, 4) is 91.3 Å². The van der Waals surface area contributed by atoms with Gasteiger partial charge in [-0.2, -0.15) is 47.4 Å². The van der Waals surface area contributed by atoms with E-state index in [0.717, 1.165) is 12.1 Å². The van der Waals surface area contributed by atoms with Crippen LogP contribution in [0.5, 0.6) is 0 Å². The Morgan fingerprint density at radius 1 is 0.291 bits per heavy atom. The first kappa shape index (κ1) is 53.9. The lowest BCUT2D eigenvalue weighted by Gasteiger charge is -2.20. The molecule has 0 aliphatic carbocycles. The van der Waals surface area contributed by atoms with Gasteiger partial charge in [-0.05, 0) is 183 Å². The van der Waals surface area contributed by atoms with Gasteiger partial charge in [0.25, 0.3) is 0 Å². The van der Waals surface area contributed by atoms with Gasteiger partial charge >= 0.3 is 12.4 Å². The van der Waals surface area contributed by atoms with E-state index in [1.54, 1.807) is 121 Å². The number of alkyl halides is 6. The highest BCUT2D eigenvalue weighted by Gasteiger charge is 2.37.